The number of carbonyl (C=O) groups excluding carboxylic acids is 1. The van der Waals surface area contributed by atoms with Crippen molar-refractivity contribution in [1.82, 2.24) is 19.9 Å². The van der Waals surface area contributed by atoms with E-state index >= 15 is 0 Å². The lowest BCUT2D eigenvalue weighted by Gasteiger charge is -2.32. The van der Waals surface area contributed by atoms with Gasteiger partial charge in [-0.25, -0.2) is 9.48 Å². The summed E-state index contributed by atoms with van der Waals surface area (Å²) >= 11 is 1.69. The average Bonchev–Trinajstić information content (AvgIpc) is 3.11. The average molecular weight is 382 g/mol. The van der Waals surface area contributed by atoms with Crippen LogP contribution in [-0.4, -0.2) is 45.3 Å². The Bertz CT molecular complexity index is 945. The molecule has 1 aromatic heterocycles. The van der Waals surface area contributed by atoms with E-state index in [0.29, 0.717) is 13.1 Å². The third-order valence-electron chi connectivity index (χ3n) is 5.07. The summed E-state index contributed by atoms with van der Waals surface area (Å²) in [4.78, 5) is 15.6. The molecule has 1 fully saturated rings. The first kappa shape index (κ1) is 17.9. The molecule has 0 radical (unpaired) electrons. The van der Waals surface area contributed by atoms with E-state index in [1.165, 1.54) is 10.5 Å². The van der Waals surface area contributed by atoms with Crippen molar-refractivity contribution in [3.8, 4) is 0 Å². The summed E-state index contributed by atoms with van der Waals surface area (Å²) in [5.41, 5.74) is 4.02. The van der Waals surface area contributed by atoms with Crippen molar-refractivity contribution < 1.29 is 4.79 Å². The SMILES string of the molecule is CSc1ccc(NC(=O)N2CCC(n3nnc4cc(C)ccc43)CC2)cc1. The van der Waals surface area contributed by atoms with Crippen LogP contribution in [0.3, 0.4) is 0 Å². The van der Waals surface area contributed by atoms with Gasteiger partial charge < -0.3 is 10.2 Å². The molecule has 140 valence electrons. The summed E-state index contributed by atoms with van der Waals surface area (Å²) in [5, 5.41) is 11.6. The Morgan fingerprint density at radius 3 is 2.59 bits per heavy atom. The van der Waals surface area contributed by atoms with Gasteiger partial charge in [0.1, 0.15) is 5.52 Å². The lowest BCUT2D eigenvalue weighted by Crippen LogP contribution is -2.41. The van der Waals surface area contributed by atoms with Crippen LogP contribution in [0.25, 0.3) is 11.0 Å². The standard InChI is InChI=1S/C20H23N5OS/c1-14-3-8-19-18(13-14)22-23-25(19)16-9-11-24(12-10-16)20(26)21-15-4-6-17(27-2)7-5-15/h3-8,13,16H,9-12H2,1-2H3,(H,21,26). The third kappa shape index (κ3) is 3.78. The van der Waals surface area contributed by atoms with Gasteiger partial charge in [0, 0.05) is 23.7 Å². The molecule has 0 aliphatic carbocycles. The minimum Gasteiger partial charge on any atom is -0.324 e. The fraction of sp³-hybridized carbons (Fsp3) is 0.350. The Kier molecular flexibility index (Phi) is 5.03. The second-order valence-electron chi connectivity index (χ2n) is 6.90. The highest BCUT2D eigenvalue weighted by molar-refractivity contribution is 7.98. The summed E-state index contributed by atoms with van der Waals surface area (Å²) < 4.78 is 2.02. The van der Waals surface area contributed by atoms with Crippen LogP contribution in [0.15, 0.2) is 47.4 Å². The number of likely N-dealkylation sites (tertiary alicyclic amines) is 1. The van der Waals surface area contributed by atoms with Gasteiger partial charge >= 0.3 is 6.03 Å². The highest BCUT2D eigenvalue weighted by Crippen LogP contribution is 2.26. The molecule has 1 aliphatic rings. The summed E-state index contributed by atoms with van der Waals surface area (Å²) in [7, 11) is 0. The van der Waals surface area contributed by atoms with Gasteiger partial charge in [-0.15, -0.1) is 16.9 Å². The fourth-order valence-electron chi connectivity index (χ4n) is 3.51. The maximum atomic E-state index is 12.5. The number of urea groups is 1. The van der Waals surface area contributed by atoms with Gasteiger partial charge in [-0.05, 0) is 68.0 Å². The molecule has 27 heavy (non-hydrogen) atoms. The van der Waals surface area contributed by atoms with Crippen molar-refractivity contribution in [3.63, 3.8) is 0 Å². The molecule has 0 spiro atoms. The van der Waals surface area contributed by atoms with Gasteiger partial charge in [0.2, 0.25) is 0 Å². The first-order valence-electron chi connectivity index (χ1n) is 9.15. The van der Waals surface area contributed by atoms with E-state index in [1.54, 1.807) is 11.8 Å². The second-order valence-corrected chi connectivity index (χ2v) is 7.78. The molecule has 1 saturated heterocycles. The first-order valence-corrected chi connectivity index (χ1v) is 10.4. The van der Waals surface area contributed by atoms with Crippen LogP contribution in [0, 0.1) is 6.92 Å². The van der Waals surface area contributed by atoms with Gasteiger partial charge in [-0.3, -0.25) is 0 Å². The number of benzene rings is 2. The van der Waals surface area contributed by atoms with Gasteiger partial charge in [-0.2, -0.15) is 0 Å². The molecule has 1 N–H and O–H groups in total. The highest BCUT2D eigenvalue weighted by Gasteiger charge is 2.25. The van der Waals surface area contributed by atoms with E-state index in [0.717, 1.165) is 29.6 Å². The smallest absolute Gasteiger partial charge is 0.321 e. The molecule has 4 rings (SSSR count). The van der Waals surface area contributed by atoms with Gasteiger partial charge in [-0.1, -0.05) is 11.3 Å². The number of anilines is 1. The van der Waals surface area contributed by atoms with Crippen LogP contribution in [0.5, 0.6) is 0 Å². The zero-order chi connectivity index (χ0) is 18.8. The van der Waals surface area contributed by atoms with Gasteiger partial charge in [0.25, 0.3) is 0 Å². The van der Waals surface area contributed by atoms with Crippen LogP contribution in [-0.2, 0) is 0 Å². The Balaban J connectivity index is 1.38. The van der Waals surface area contributed by atoms with Crippen molar-refractivity contribution in [2.45, 2.75) is 30.7 Å². The Morgan fingerprint density at radius 1 is 1.15 bits per heavy atom. The zero-order valence-electron chi connectivity index (χ0n) is 15.6. The van der Waals surface area contributed by atoms with Crippen LogP contribution in [0.1, 0.15) is 24.4 Å². The van der Waals surface area contributed by atoms with Gasteiger partial charge in [0.15, 0.2) is 0 Å². The van der Waals surface area contributed by atoms with Gasteiger partial charge in [0.05, 0.1) is 11.6 Å². The Labute approximate surface area is 162 Å². The van der Waals surface area contributed by atoms with Crippen LogP contribution in [0.2, 0.25) is 0 Å². The lowest BCUT2D eigenvalue weighted by atomic mass is 10.1. The van der Waals surface area contributed by atoms with E-state index in [4.69, 9.17) is 0 Å². The highest BCUT2D eigenvalue weighted by atomic mass is 32.2. The van der Waals surface area contributed by atoms with Crippen molar-refractivity contribution in [2.75, 3.05) is 24.7 Å². The third-order valence-corrected chi connectivity index (χ3v) is 5.81. The number of aryl methyl sites for hydroxylation is 1. The van der Waals surface area contributed by atoms with Crippen LogP contribution < -0.4 is 5.32 Å². The van der Waals surface area contributed by atoms with Crippen molar-refractivity contribution in [3.05, 3.63) is 48.0 Å². The number of fused-ring (bicyclic) bond motifs is 1. The lowest BCUT2D eigenvalue weighted by molar-refractivity contribution is 0.181. The number of hydrogen-bond acceptors (Lipinski definition) is 4. The number of rotatable bonds is 3. The molecule has 0 unspecified atom stereocenters. The molecular weight excluding hydrogens is 358 g/mol. The quantitative estimate of drug-likeness (QED) is 0.686. The zero-order valence-corrected chi connectivity index (χ0v) is 16.4. The number of nitrogens with zero attached hydrogens (tertiary/aromatic N) is 4. The molecule has 2 amide bonds. The maximum absolute atomic E-state index is 12.5. The summed E-state index contributed by atoms with van der Waals surface area (Å²) in [6, 6.07) is 14.4. The monoisotopic (exact) mass is 381 g/mol. The molecule has 2 heterocycles. The predicted octanol–water partition coefficient (Wildman–Crippen LogP) is 4.33. The maximum Gasteiger partial charge on any atom is 0.321 e. The van der Waals surface area contributed by atoms with Crippen LogP contribution >= 0.6 is 11.8 Å². The largest absolute Gasteiger partial charge is 0.324 e. The molecule has 2 aromatic carbocycles. The molecule has 6 nitrogen and oxygen atoms in total. The molecule has 0 atom stereocenters. The minimum atomic E-state index is -0.0376. The molecular formula is C20H23N5OS. The molecule has 0 bridgehead atoms. The number of nitrogens with one attached hydrogen (secondary N) is 1. The summed E-state index contributed by atoms with van der Waals surface area (Å²) in [6.45, 7) is 3.49. The number of thioether (sulfide) groups is 1. The van der Waals surface area contributed by atoms with E-state index < -0.39 is 0 Å². The van der Waals surface area contributed by atoms with Crippen LogP contribution in [0.4, 0.5) is 10.5 Å². The number of amides is 2. The first-order chi connectivity index (χ1) is 13.1. The van der Waals surface area contributed by atoms with E-state index in [9.17, 15) is 4.79 Å². The van der Waals surface area contributed by atoms with Crippen molar-refractivity contribution in [2.24, 2.45) is 0 Å². The number of piperidine rings is 1. The topological polar surface area (TPSA) is 63.1 Å². The van der Waals surface area contributed by atoms with E-state index in [-0.39, 0.29) is 12.1 Å². The normalized spacial score (nSPS) is 15.3. The predicted molar refractivity (Wildman–Crippen MR) is 109 cm³/mol. The molecule has 1 aliphatic heterocycles. The fourth-order valence-corrected chi connectivity index (χ4v) is 3.92. The van der Waals surface area contributed by atoms with E-state index in [1.807, 2.05) is 40.1 Å². The summed E-state index contributed by atoms with van der Waals surface area (Å²) in [5.74, 6) is 0. The minimum absolute atomic E-state index is 0.0376. The Morgan fingerprint density at radius 2 is 1.89 bits per heavy atom. The molecule has 7 heteroatoms. The molecule has 3 aromatic rings. The van der Waals surface area contributed by atoms with Crippen molar-refractivity contribution in [1.29, 1.82) is 0 Å². The second kappa shape index (κ2) is 7.60. The summed E-state index contributed by atoms with van der Waals surface area (Å²) in [6.07, 6.45) is 3.80. The van der Waals surface area contributed by atoms with Crippen molar-refractivity contribution >= 4 is 34.5 Å². The number of carbonyl (C=O) groups is 1. The number of aromatic nitrogens is 3. The van der Waals surface area contributed by atoms with E-state index in [2.05, 4.69) is 40.8 Å². The number of hydrogen-bond donors (Lipinski definition) is 1. The Hall–Kier alpha value is -2.54. The molecule has 0 saturated carbocycles.